The molecule has 0 bridgehead atoms. The Morgan fingerprint density at radius 2 is 2.05 bits per heavy atom. The zero-order valence-electron chi connectivity index (χ0n) is 10.5. The van der Waals surface area contributed by atoms with E-state index >= 15 is 0 Å². The van der Waals surface area contributed by atoms with Gasteiger partial charge in [0.1, 0.15) is 0 Å². The van der Waals surface area contributed by atoms with Crippen LogP contribution in [0.4, 0.5) is 17.1 Å². The van der Waals surface area contributed by atoms with Gasteiger partial charge in [-0.15, -0.1) is 0 Å². The van der Waals surface area contributed by atoms with Gasteiger partial charge in [0.25, 0.3) is 5.69 Å². The van der Waals surface area contributed by atoms with Gasteiger partial charge in [-0.05, 0) is 18.2 Å². The van der Waals surface area contributed by atoms with Crippen LogP contribution in [-0.2, 0) is 6.54 Å². The molecule has 6 nitrogen and oxygen atoms in total. The van der Waals surface area contributed by atoms with Gasteiger partial charge < -0.3 is 10.6 Å². The Kier molecular flexibility index (Phi) is 3.92. The summed E-state index contributed by atoms with van der Waals surface area (Å²) in [5.41, 5.74) is 2.30. The summed E-state index contributed by atoms with van der Waals surface area (Å²) < 4.78 is 0. The molecule has 0 saturated carbocycles. The van der Waals surface area contributed by atoms with Crippen molar-refractivity contribution in [3.63, 3.8) is 0 Å². The zero-order valence-corrected chi connectivity index (χ0v) is 10.5. The molecular formula is C13H14N4O2. The topological polar surface area (TPSA) is 80.1 Å². The maximum atomic E-state index is 10.8. The van der Waals surface area contributed by atoms with Crippen LogP contribution in [0.1, 0.15) is 5.69 Å². The standard InChI is InChI=1S/C13H14N4O2/c1-14-11-6-12(8-13(7-11)17(18)19)16-9-10-4-2-3-5-15-10/h2-8,14,16H,9H2,1H3. The lowest BCUT2D eigenvalue weighted by atomic mass is 10.2. The number of rotatable bonds is 5. The van der Waals surface area contributed by atoms with E-state index in [0.29, 0.717) is 17.9 Å². The van der Waals surface area contributed by atoms with Crippen LogP contribution in [0.25, 0.3) is 0 Å². The van der Waals surface area contributed by atoms with Crippen molar-refractivity contribution < 1.29 is 4.92 Å². The van der Waals surface area contributed by atoms with Crippen LogP contribution in [0.5, 0.6) is 0 Å². The number of hydrogen-bond acceptors (Lipinski definition) is 5. The summed E-state index contributed by atoms with van der Waals surface area (Å²) in [7, 11) is 1.72. The van der Waals surface area contributed by atoms with E-state index in [4.69, 9.17) is 0 Å². The number of nitro benzene ring substituents is 1. The molecule has 0 atom stereocenters. The number of nitro groups is 1. The second kappa shape index (κ2) is 5.81. The van der Waals surface area contributed by atoms with E-state index in [1.807, 2.05) is 24.3 Å². The number of non-ortho nitro benzene ring substituents is 1. The number of aromatic nitrogens is 1. The Morgan fingerprint density at radius 1 is 1.26 bits per heavy atom. The summed E-state index contributed by atoms with van der Waals surface area (Å²) in [5, 5.41) is 16.9. The number of nitrogens with one attached hydrogen (secondary N) is 2. The summed E-state index contributed by atoms with van der Waals surface area (Å²) in [6.07, 6.45) is 1.71. The molecule has 0 aliphatic rings. The number of pyridine rings is 1. The van der Waals surface area contributed by atoms with Gasteiger partial charge in [-0.25, -0.2) is 0 Å². The Hall–Kier alpha value is -2.63. The third kappa shape index (κ3) is 3.41. The van der Waals surface area contributed by atoms with E-state index < -0.39 is 4.92 Å². The lowest BCUT2D eigenvalue weighted by molar-refractivity contribution is -0.384. The van der Waals surface area contributed by atoms with Crippen molar-refractivity contribution in [1.82, 2.24) is 4.98 Å². The molecule has 0 aliphatic heterocycles. The largest absolute Gasteiger partial charge is 0.388 e. The number of nitrogens with zero attached hydrogens (tertiary/aromatic N) is 2. The lowest BCUT2D eigenvalue weighted by Gasteiger charge is -2.08. The van der Waals surface area contributed by atoms with Crippen LogP contribution in [0.3, 0.4) is 0 Å². The molecular weight excluding hydrogens is 244 g/mol. The van der Waals surface area contributed by atoms with Crippen molar-refractivity contribution in [3.8, 4) is 0 Å². The molecule has 2 aromatic rings. The Morgan fingerprint density at radius 3 is 2.68 bits per heavy atom. The fourth-order valence-corrected chi connectivity index (χ4v) is 1.66. The zero-order chi connectivity index (χ0) is 13.7. The lowest BCUT2D eigenvalue weighted by Crippen LogP contribution is -2.02. The fourth-order valence-electron chi connectivity index (χ4n) is 1.66. The summed E-state index contributed by atoms with van der Waals surface area (Å²) in [5.74, 6) is 0. The first kappa shape index (κ1) is 12.8. The molecule has 1 heterocycles. The molecule has 1 aromatic heterocycles. The van der Waals surface area contributed by atoms with E-state index in [0.717, 1.165) is 5.69 Å². The van der Waals surface area contributed by atoms with Gasteiger partial charge in [-0.1, -0.05) is 6.07 Å². The van der Waals surface area contributed by atoms with E-state index in [9.17, 15) is 10.1 Å². The van der Waals surface area contributed by atoms with Gasteiger partial charge >= 0.3 is 0 Å². The van der Waals surface area contributed by atoms with E-state index in [1.54, 1.807) is 13.2 Å². The number of hydrogen-bond donors (Lipinski definition) is 2. The van der Waals surface area contributed by atoms with Gasteiger partial charge in [0.15, 0.2) is 0 Å². The minimum Gasteiger partial charge on any atom is -0.388 e. The third-order valence-electron chi connectivity index (χ3n) is 2.62. The SMILES string of the molecule is CNc1cc(NCc2ccccn2)cc([N+](=O)[O-])c1. The highest BCUT2D eigenvalue weighted by Gasteiger charge is 2.09. The molecule has 1 aromatic carbocycles. The van der Waals surface area contributed by atoms with E-state index in [1.165, 1.54) is 12.1 Å². The minimum absolute atomic E-state index is 0.0513. The highest BCUT2D eigenvalue weighted by molar-refractivity contribution is 5.63. The quantitative estimate of drug-likeness (QED) is 0.636. The maximum absolute atomic E-state index is 10.8. The van der Waals surface area contributed by atoms with Gasteiger partial charge in [-0.3, -0.25) is 15.1 Å². The molecule has 0 radical (unpaired) electrons. The Labute approximate surface area is 110 Å². The van der Waals surface area contributed by atoms with Crippen LogP contribution >= 0.6 is 0 Å². The Bertz CT molecular complexity index is 572. The summed E-state index contributed by atoms with van der Waals surface area (Å²) in [6, 6.07) is 10.4. The molecule has 0 saturated heterocycles. The smallest absolute Gasteiger partial charge is 0.273 e. The molecule has 2 rings (SSSR count). The average molecular weight is 258 g/mol. The first-order valence-corrected chi connectivity index (χ1v) is 5.80. The monoisotopic (exact) mass is 258 g/mol. The van der Waals surface area contributed by atoms with Crippen molar-refractivity contribution in [1.29, 1.82) is 0 Å². The van der Waals surface area contributed by atoms with E-state index in [-0.39, 0.29) is 5.69 Å². The minimum atomic E-state index is -0.410. The molecule has 0 fully saturated rings. The highest BCUT2D eigenvalue weighted by atomic mass is 16.6. The van der Waals surface area contributed by atoms with E-state index in [2.05, 4.69) is 15.6 Å². The van der Waals surface area contributed by atoms with Crippen molar-refractivity contribution in [2.75, 3.05) is 17.7 Å². The average Bonchev–Trinajstić information content (AvgIpc) is 2.45. The van der Waals surface area contributed by atoms with Crippen molar-refractivity contribution in [2.24, 2.45) is 0 Å². The molecule has 0 amide bonds. The first-order valence-electron chi connectivity index (χ1n) is 5.80. The van der Waals surface area contributed by atoms with Crippen molar-refractivity contribution >= 4 is 17.1 Å². The molecule has 98 valence electrons. The molecule has 6 heteroatoms. The Balaban J connectivity index is 2.15. The highest BCUT2D eigenvalue weighted by Crippen LogP contribution is 2.24. The van der Waals surface area contributed by atoms with Crippen LogP contribution < -0.4 is 10.6 Å². The molecule has 0 spiro atoms. The van der Waals surface area contributed by atoms with Gasteiger partial charge in [0, 0.05) is 36.8 Å². The number of anilines is 2. The third-order valence-corrected chi connectivity index (χ3v) is 2.62. The fraction of sp³-hybridized carbons (Fsp3) is 0.154. The van der Waals surface area contributed by atoms with Crippen molar-refractivity contribution in [2.45, 2.75) is 6.54 Å². The molecule has 19 heavy (non-hydrogen) atoms. The predicted molar refractivity (Wildman–Crippen MR) is 74.2 cm³/mol. The molecule has 0 unspecified atom stereocenters. The first-order chi connectivity index (χ1) is 9.19. The van der Waals surface area contributed by atoms with Crippen molar-refractivity contribution in [3.05, 3.63) is 58.4 Å². The molecule has 0 aliphatic carbocycles. The second-order valence-electron chi connectivity index (χ2n) is 3.95. The van der Waals surface area contributed by atoms with Gasteiger partial charge in [-0.2, -0.15) is 0 Å². The normalized spacial score (nSPS) is 9.95. The van der Waals surface area contributed by atoms with Gasteiger partial charge in [0.2, 0.25) is 0 Å². The summed E-state index contributed by atoms with van der Waals surface area (Å²) in [6.45, 7) is 0.519. The number of benzene rings is 1. The molecule has 2 N–H and O–H groups in total. The summed E-state index contributed by atoms with van der Waals surface area (Å²) >= 11 is 0. The predicted octanol–water partition coefficient (Wildman–Crippen LogP) is 2.64. The van der Waals surface area contributed by atoms with Gasteiger partial charge in [0.05, 0.1) is 17.2 Å². The second-order valence-corrected chi connectivity index (χ2v) is 3.95. The summed E-state index contributed by atoms with van der Waals surface area (Å²) in [4.78, 5) is 14.6. The maximum Gasteiger partial charge on any atom is 0.273 e. The van der Waals surface area contributed by atoms with Crippen LogP contribution in [0.2, 0.25) is 0 Å². The van der Waals surface area contributed by atoms with Crippen LogP contribution in [0, 0.1) is 10.1 Å². The van der Waals surface area contributed by atoms with Crippen LogP contribution in [0.15, 0.2) is 42.6 Å². The van der Waals surface area contributed by atoms with Crippen LogP contribution in [-0.4, -0.2) is 17.0 Å².